The van der Waals surface area contributed by atoms with Gasteiger partial charge in [-0.3, -0.25) is 10.1 Å². The maximum atomic E-state index is 13.4. The smallest absolute Gasteiger partial charge is 0.412 e. The van der Waals surface area contributed by atoms with Crippen molar-refractivity contribution >= 4 is 29.4 Å². The van der Waals surface area contributed by atoms with Crippen molar-refractivity contribution in [1.29, 1.82) is 0 Å². The quantitative estimate of drug-likeness (QED) is 0.748. The Morgan fingerprint density at radius 1 is 1.29 bits per heavy atom. The molecule has 150 valence electrons. The number of halogens is 3. The number of amides is 2. The molecule has 0 aliphatic heterocycles. The molecular weight excluding hydrogens is 392 g/mol. The molecule has 9 heteroatoms. The molecule has 0 saturated heterocycles. The fourth-order valence-electron chi connectivity index (χ4n) is 2.32. The lowest BCUT2D eigenvalue weighted by molar-refractivity contribution is -0.130. The van der Waals surface area contributed by atoms with Crippen LogP contribution in [0.1, 0.15) is 17.5 Å². The van der Waals surface area contributed by atoms with Crippen molar-refractivity contribution in [2.45, 2.75) is 19.8 Å². The maximum Gasteiger partial charge on any atom is 0.412 e. The Hall–Kier alpha value is -2.74. The van der Waals surface area contributed by atoms with E-state index in [1.165, 1.54) is 23.1 Å². The standard InChI is InChI=1S/C19H20ClF2N3O3/c1-12-10-16(23-11-15(12)22)24-19(27)28-9-8-25(2)17(26)7-6-13-4-3-5-14(21)18(13)20/h3-5,10-11H,6-9H2,1-2H3,(H,23,24,27). The molecule has 0 atom stereocenters. The minimum atomic E-state index is -0.758. The van der Waals surface area contributed by atoms with Crippen LogP contribution in [0.25, 0.3) is 0 Å². The number of aryl methyl sites for hydroxylation is 2. The first-order valence-corrected chi connectivity index (χ1v) is 8.88. The molecule has 0 aliphatic carbocycles. The summed E-state index contributed by atoms with van der Waals surface area (Å²) in [5.41, 5.74) is 0.898. The van der Waals surface area contributed by atoms with E-state index < -0.39 is 17.7 Å². The largest absolute Gasteiger partial charge is 0.447 e. The molecule has 0 saturated carbocycles. The molecule has 2 aromatic rings. The summed E-state index contributed by atoms with van der Waals surface area (Å²) >= 11 is 5.87. The summed E-state index contributed by atoms with van der Waals surface area (Å²) in [6, 6.07) is 5.83. The van der Waals surface area contributed by atoms with E-state index in [9.17, 15) is 18.4 Å². The van der Waals surface area contributed by atoms with Gasteiger partial charge < -0.3 is 9.64 Å². The van der Waals surface area contributed by atoms with Crippen molar-refractivity contribution in [3.8, 4) is 0 Å². The molecule has 0 aliphatic rings. The third-order valence-electron chi connectivity index (χ3n) is 4.00. The Balaban J connectivity index is 1.72. The van der Waals surface area contributed by atoms with Gasteiger partial charge in [-0.2, -0.15) is 0 Å². The van der Waals surface area contributed by atoms with E-state index in [0.29, 0.717) is 17.5 Å². The fourth-order valence-corrected chi connectivity index (χ4v) is 2.54. The first kappa shape index (κ1) is 21.6. The molecule has 1 aromatic carbocycles. The number of hydrogen-bond acceptors (Lipinski definition) is 4. The average molecular weight is 412 g/mol. The highest BCUT2D eigenvalue weighted by molar-refractivity contribution is 6.31. The number of aromatic nitrogens is 1. The highest BCUT2D eigenvalue weighted by Gasteiger charge is 2.13. The third kappa shape index (κ3) is 6.16. The van der Waals surface area contributed by atoms with Gasteiger partial charge in [0.25, 0.3) is 0 Å². The molecule has 2 amide bonds. The lowest BCUT2D eigenvalue weighted by atomic mass is 10.1. The molecule has 6 nitrogen and oxygen atoms in total. The van der Waals surface area contributed by atoms with Gasteiger partial charge in [0.2, 0.25) is 5.91 Å². The topological polar surface area (TPSA) is 71.5 Å². The van der Waals surface area contributed by atoms with Crippen LogP contribution in [0.2, 0.25) is 5.02 Å². The lowest BCUT2D eigenvalue weighted by Gasteiger charge is -2.17. The van der Waals surface area contributed by atoms with Crippen LogP contribution in [0.5, 0.6) is 0 Å². The van der Waals surface area contributed by atoms with Gasteiger partial charge in [-0.25, -0.2) is 18.6 Å². The van der Waals surface area contributed by atoms with Crippen LogP contribution in [-0.4, -0.2) is 42.1 Å². The van der Waals surface area contributed by atoms with E-state index in [1.807, 2.05) is 0 Å². The predicted octanol–water partition coefficient (Wildman–Crippen LogP) is 3.96. The molecule has 0 fully saturated rings. The molecule has 1 aromatic heterocycles. The molecule has 28 heavy (non-hydrogen) atoms. The second-order valence-electron chi connectivity index (χ2n) is 6.11. The normalized spacial score (nSPS) is 10.5. The number of anilines is 1. The Bertz CT molecular complexity index is 864. The summed E-state index contributed by atoms with van der Waals surface area (Å²) in [5, 5.41) is 2.39. The van der Waals surface area contributed by atoms with E-state index in [2.05, 4.69) is 10.3 Å². The highest BCUT2D eigenvalue weighted by atomic mass is 35.5. The van der Waals surface area contributed by atoms with Crippen molar-refractivity contribution in [2.75, 3.05) is 25.5 Å². The zero-order chi connectivity index (χ0) is 20.7. The monoisotopic (exact) mass is 411 g/mol. The van der Waals surface area contributed by atoms with Crippen LogP contribution in [0.3, 0.4) is 0 Å². The Morgan fingerprint density at radius 3 is 2.75 bits per heavy atom. The molecule has 0 unspecified atom stereocenters. The lowest BCUT2D eigenvalue weighted by Crippen LogP contribution is -2.31. The van der Waals surface area contributed by atoms with Crippen LogP contribution in [0.4, 0.5) is 19.4 Å². The molecule has 2 rings (SSSR count). The van der Waals surface area contributed by atoms with Crippen LogP contribution < -0.4 is 5.32 Å². The van der Waals surface area contributed by atoms with Crippen molar-refractivity contribution < 1.29 is 23.1 Å². The first-order valence-electron chi connectivity index (χ1n) is 8.50. The zero-order valence-corrected chi connectivity index (χ0v) is 16.2. The van der Waals surface area contributed by atoms with Crippen molar-refractivity contribution in [3.63, 3.8) is 0 Å². The minimum Gasteiger partial charge on any atom is -0.447 e. The molecule has 1 N–H and O–H groups in total. The summed E-state index contributed by atoms with van der Waals surface area (Å²) < 4.78 is 31.5. The van der Waals surface area contributed by atoms with E-state index in [1.54, 1.807) is 20.0 Å². The third-order valence-corrected chi connectivity index (χ3v) is 4.43. The molecule has 0 spiro atoms. The van der Waals surface area contributed by atoms with Gasteiger partial charge in [-0.05, 0) is 36.6 Å². The Kier molecular flexibility index (Phi) is 7.69. The van der Waals surface area contributed by atoms with Gasteiger partial charge in [0.05, 0.1) is 17.8 Å². The van der Waals surface area contributed by atoms with E-state index in [4.69, 9.17) is 16.3 Å². The molecule has 0 radical (unpaired) electrons. The number of nitrogens with one attached hydrogen (secondary N) is 1. The van der Waals surface area contributed by atoms with Crippen LogP contribution in [-0.2, 0) is 16.0 Å². The number of rotatable bonds is 7. The van der Waals surface area contributed by atoms with Crippen molar-refractivity contribution in [2.24, 2.45) is 0 Å². The SMILES string of the molecule is Cc1cc(NC(=O)OCCN(C)C(=O)CCc2cccc(F)c2Cl)ncc1F. The minimum absolute atomic E-state index is 0.0163. The number of hydrogen-bond donors (Lipinski definition) is 1. The van der Waals surface area contributed by atoms with Gasteiger partial charge in [0, 0.05) is 13.5 Å². The predicted molar refractivity (Wildman–Crippen MR) is 101 cm³/mol. The van der Waals surface area contributed by atoms with Gasteiger partial charge >= 0.3 is 6.09 Å². The zero-order valence-electron chi connectivity index (χ0n) is 15.5. The van der Waals surface area contributed by atoms with E-state index in [0.717, 1.165) is 6.20 Å². The fraction of sp³-hybridized carbons (Fsp3) is 0.316. The number of carbonyl (C=O) groups is 2. The molecule has 0 bridgehead atoms. The molecule has 1 heterocycles. The number of benzene rings is 1. The number of likely N-dealkylation sites (N-methyl/N-ethyl adjacent to an activating group) is 1. The van der Waals surface area contributed by atoms with Crippen molar-refractivity contribution in [3.05, 3.63) is 58.2 Å². The second kappa shape index (κ2) is 9.98. The maximum absolute atomic E-state index is 13.4. The summed E-state index contributed by atoms with van der Waals surface area (Å²) in [5.74, 6) is -1.02. The molecular formula is C19H20ClF2N3O3. The van der Waals surface area contributed by atoms with E-state index in [-0.39, 0.29) is 36.3 Å². The van der Waals surface area contributed by atoms with Gasteiger partial charge in [0.1, 0.15) is 24.1 Å². The Labute approximate surface area is 166 Å². The van der Waals surface area contributed by atoms with Crippen LogP contribution in [0, 0.1) is 18.6 Å². The average Bonchev–Trinajstić information content (AvgIpc) is 2.65. The van der Waals surface area contributed by atoms with Crippen LogP contribution >= 0.6 is 11.6 Å². The van der Waals surface area contributed by atoms with Gasteiger partial charge in [-0.1, -0.05) is 23.7 Å². The van der Waals surface area contributed by atoms with Gasteiger partial charge in [-0.15, -0.1) is 0 Å². The second-order valence-corrected chi connectivity index (χ2v) is 6.49. The summed E-state index contributed by atoms with van der Waals surface area (Å²) in [7, 11) is 1.57. The number of pyridine rings is 1. The Morgan fingerprint density at radius 2 is 2.04 bits per heavy atom. The summed E-state index contributed by atoms with van der Waals surface area (Å²) in [6.45, 7) is 1.69. The first-order chi connectivity index (χ1) is 13.3. The number of nitrogens with zero attached hydrogens (tertiary/aromatic N) is 2. The van der Waals surface area contributed by atoms with E-state index >= 15 is 0 Å². The highest BCUT2D eigenvalue weighted by Crippen LogP contribution is 2.21. The number of carbonyl (C=O) groups excluding carboxylic acids is 2. The summed E-state index contributed by atoms with van der Waals surface area (Å²) in [4.78, 5) is 29.0. The summed E-state index contributed by atoms with van der Waals surface area (Å²) in [6.07, 6.45) is 0.690. The number of ether oxygens (including phenoxy) is 1. The van der Waals surface area contributed by atoms with Gasteiger partial charge in [0.15, 0.2) is 0 Å². The van der Waals surface area contributed by atoms with Crippen molar-refractivity contribution in [1.82, 2.24) is 9.88 Å². The van der Waals surface area contributed by atoms with Crippen LogP contribution in [0.15, 0.2) is 30.5 Å².